The summed E-state index contributed by atoms with van der Waals surface area (Å²) in [7, 11) is 0. The van der Waals surface area contributed by atoms with Gasteiger partial charge in [-0.25, -0.2) is 9.59 Å². The number of allylic oxidation sites excluding steroid dienone is 5. The first-order chi connectivity index (χ1) is 15.4. The van der Waals surface area contributed by atoms with Gasteiger partial charge in [0.25, 0.3) is 0 Å². The number of carbonyl (C=O) groups excluding carboxylic acids is 2. The average molecular weight is 484 g/mol. The highest BCUT2D eigenvalue weighted by Crippen LogP contribution is 2.13. The molecule has 0 aliphatic rings. The lowest BCUT2D eigenvalue weighted by Crippen LogP contribution is -2.52. The monoisotopic (exact) mass is 483 g/mol. The molecule has 0 spiro atoms. The van der Waals surface area contributed by atoms with Crippen LogP contribution in [0.3, 0.4) is 0 Å². The molecule has 0 fully saturated rings. The summed E-state index contributed by atoms with van der Waals surface area (Å²) in [6, 6.07) is -2.20. The van der Waals surface area contributed by atoms with Crippen LogP contribution in [0.1, 0.15) is 53.4 Å². The van der Waals surface area contributed by atoms with Crippen molar-refractivity contribution in [3.8, 4) is 0 Å². The lowest BCUT2D eigenvalue weighted by molar-refractivity contribution is -0.138. The number of primary amides is 1. The molecule has 0 bridgehead atoms. The Labute approximate surface area is 200 Å². The number of nitrogens with two attached hydrogens (primary N) is 1. The summed E-state index contributed by atoms with van der Waals surface area (Å²) in [5.74, 6) is -2.82. The van der Waals surface area contributed by atoms with Crippen LogP contribution in [0.5, 0.6) is 0 Å². The summed E-state index contributed by atoms with van der Waals surface area (Å²) in [4.78, 5) is 46.2. The zero-order valence-corrected chi connectivity index (χ0v) is 20.7. The van der Waals surface area contributed by atoms with E-state index in [1.165, 1.54) is 28.5 Å². The van der Waals surface area contributed by atoms with E-state index in [2.05, 4.69) is 38.2 Å². The summed E-state index contributed by atoms with van der Waals surface area (Å²) in [6.45, 7) is 6.96. The minimum absolute atomic E-state index is 0.0890. The number of thioether (sulfide) groups is 1. The number of rotatable bonds is 16. The van der Waals surface area contributed by atoms with Crippen LogP contribution in [0.25, 0.3) is 0 Å². The Morgan fingerprint density at radius 1 is 0.939 bits per heavy atom. The number of urea groups is 1. The highest BCUT2D eigenvalue weighted by Gasteiger charge is 2.25. The molecule has 0 aromatic heterocycles. The second kappa shape index (κ2) is 16.8. The Hall–Kier alpha value is -2.75. The molecule has 10 heteroatoms. The van der Waals surface area contributed by atoms with Crippen LogP contribution in [-0.4, -0.2) is 69.6 Å². The number of carboxylic acids is 2. The predicted molar refractivity (Wildman–Crippen MR) is 131 cm³/mol. The molecule has 0 heterocycles. The quantitative estimate of drug-likeness (QED) is 0.194. The molecule has 0 saturated heterocycles. The molecule has 0 rings (SSSR count). The minimum Gasteiger partial charge on any atom is -0.480 e. The van der Waals surface area contributed by atoms with Crippen LogP contribution in [0.4, 0.5) is 4.79 Å². The van der Waals surface area contributed by atoms with Crippen molar-refractivity contribution in [2.75, 3.05) is 24.6 Å². The molecular formula is C23H37N3O6S. The maximum Gasteiger partial charge on any atom is 0.327 e. The summed E-state index contributed by atoms with van der Waals surface area (Å²) in [5.41, 5.74) is 8.91. The van der Waals surface area contributed by atoms with Crippen LogP contribution >= 0.6 is 11.8 Å². The Balaban J connectivity index is 4.56. The highest BCUT2D eigenvalue weighted by atomic mass is 32.2. The molecule has 1 unspecified atom stereocenters. The molecule has 9 nitrogen and oxygen atoms in total. The first-order valence-corrected chi connectivity index (χ1v) is 11.9. The number of hydrogen-bond acceptors (Lipinski definition) is 5. The third-order valence-electron chi connectivity index (χ3n) is 4.51. The lowest BCUT2D eigenvalue weighted by Gasteiger charge is -2.22. The standard InChI is InChI=1S/C23H37N3O6S/c1-16(2)7-5-8-17(3)9-6-10-18(4)11-12-33-15-19(22(30)31)25-23(32)26(13-20(24)27)14-21(28)29/h7,9,11,19H,5-6,8,10,12-15H2,1-4H3,(H2,24,27)(H,25,32)(H,28,29)(H,30,31)/b17-9+,18-11+. The predicted octanol–water partition coefficient (Wildman–Crippen LogP) is 3.17. The van der Waals surface area contributed by atoms with E-state index in [1.54, 1.807) is 0 Å². The number of amides is 3. The van der Waals surface area contributed by atoms with E-state index in [0.717, 1.165) is 25.7 Å². The van der Waals surface area contributed by atoms with Crippen molar-refractivity contribution < 1.29 is 29.4 Å². The van der Waals surface area contributed by atoms with Crippen molar-refractivity contribution in [1.29, 1.82) is 0 Å². The van der Waals surface area contributed by atoms with Crippen molar-refractivity contribution in [2.45, 2.75) is 59.4 Å². The van der Waals surface area contributed by atoms with Crippen LogP contribution in [0, 0.1) is 0 Å². The van der Waals surface area contributed by atoms with Crippen LogP contribution in [0.2, 0.25) is 0 Å². The molecule has 0 aromatic rings. The van der Waals surface area contributed by atoms with Gasteiger partial charge in [-0.3, -0.25) is 9.59 Å². The van der Waals surface area contributed by atoms with Crippen LogP contribution in [0.15, 0.2) is 34.9 Å². The maximum atomic E-state index is 12.2. The van der Waals surface area contributed by atoms with Crippen molar-refractivity contribution in [2.24, 2.45) is 5.73 Å². The Bertz CT molecular complexity index is 756. The molecule has 0 saturated carbocycles. The fourth-order valence-electron chi connectivity index (χ4n) is 2.69. The number of aliphatic carboxylic acids is 2. The van der Waals surface area contributed by atoms with Crippen molar-refractivity contribution in [1.82, 2.24) is 10.2 Å². The van der Waals surface area contributed by atoms with Gasteiger partial charge in [0.2, 0.25) is 5.91 Å². The van der Waals surface area contributed by atoms with Gasteiger partial charge in [-0.2, -0.15) is 11.8 Å². The molecule has 0 aromatic carbocycles. The lowest BCUT2D eigenvalue weighted by atomic mass is 10.1. The fraction of sp³-hybridized carbons (Fsp3) is 0.565. The smallest absolute Gasteiger partial charge is 0.327 e. The molecule has 3 amide bonds. The number of carbonyl (C=O) groups is 4. The minimum atomic E-state index is -1.34. The zero-order valence-electron chi connectivity index (χ0n) is 19.9. The summed E-state index contributed by atoms with van der Waals surface area (Å²) < 4.78 is 0. The van der Waals surface area contributed by atoms with Crippen molar-refractivity contribution >= 4 is 35.6 Å². The van der Waals surface area contributed by atoms with E-state index in [0.29, 0.717) is 10.7 Å². The van der Waals surface area contributed by atoms with E-state index >= 15 is 0 Å². The third kappa shape index (κ3) is 16.5. The van der Waals surface area contributed by atoms with Gasteiger partial charge in [-0.05, 0) is 53.4 Å². The Morgan fingerprint density at radius 2 is 1.52 bits per heavy atom. The SMILES string of the molecule is CC(C)=CCC/C(C)=C/CC/C(C)=C/CSCC(NC(=O)N(CC(N)=O)CC(=O)O)C(=O)O. The Kier molecular flexibility index (Phi) is 15.4. The number of carboxylic acid groups (broad SMARTS) is 2. The third-order valence-corrected chi connectivity index (χ3v) is 5.48. The average Bonchev–Trinajstić information content (AvgIpc) is 2.68. The van der Waals surface area contributed by atoms with Crippen LogP contribution in [-0.2, 0) is 14.4 Å². The first-order valence-electron chi connectivity index (χ1n) is 10.7. The molecule has 0 aliphatic heterocycles. The Morgan fingerprint density at radius 3 is 2.03 bits per heavy atom. The van der Waals surface area contributed by atoms with Crippen LogP contribution < -0.4 is 11.1 Å². The molecule has 186 valence electrons. The first kappa shape index (κ1) is 30.2. The van der Waals surface area contributed by atoms with Crippen molar-refractivity contribution in [3.05, 3.63) is 34.9 Å². The second-order valence-electron chi connectivity index (χ2n) is 8.05. The zero-order chi connectivity index (χ0) is 25.4. The van der Waals surface area contributed by atoms with Gasteiger partial charge in [-0.1, -0.05) is 34.9 Å². The largest absolute Gasteiger partial charge is 0.480 e. The van der Waals surface area contributed by atoms with E-state index in [4.69, 9.17) is 10.8 Å². The van der Waals surface area contributed by atoms with Gasteiger partial charge in [0, 0.05) is 11.5 Å². The summed E-state index contributed by atoms with van der Waals surface area (Å²) in [6.07, 6.45) is 10.5. The fourth-order valence-corrected chi connectivity index (χ4v) is 3.69. The van der Waals surface area contributed by atoms with E-state index in [-0.39, 0.29) is 5.75 Å². The van der Waals surface area contributed by atoms with E-state index < -0.39 is 43.0 Å². The number of nitrogens with zero attached hydrogens (tertiary/aromatic N) is 1. The maximum absolute atomic E-state index is 12.2. The molecule has 0 aliphatic carbocycles. The topological polar surface area (TPSA) is 150 Å². The molecular weight excluding hydrogens is 446 g/mol. The number of nitrogens with one attached hydrogen (secondary N) is 1. The second-order valence-corrected chi connectivity index (χ2v) is 9.13. The molecule has 33 heavy (non-hydrogen) atoms. The van der Waals surface area contributed by atoms with Crippen molar-refractivity contribution in [3.63, 3.8) is 0 Å². The molecule has 0 radical (unpaired) electrons. The molecule has 5 N–H and O–H groups in total. The van der Waals surface area contributed by atoms with Gasteiger partial charge in [0.1, 0.15) is 19.1 Å². The van der Waals surface area contributed by atoms with Gasteiger partial charge in [-0.15, -0.1) is 0 Å². The number of hydrogen-bond donors (Lipinski definition) is 4. The van der Waals surface area contributed by atoms with E-state index in [9.17, 15) is 24.3 Å². The summed E-state index contributed by atoms with van der Waals surface area (Å²) in [5, 5.41) is 20.5. The normalized spacial score (nSPS) is 12.6. The van der Waals surface area contributed by atoms with E-state index in [1.807, 2.05) is 13.0 Å². The van der Waals surface area contributed by atoms with Gasteiger partial charge in [0.15, 0.2) is 0 Å². The van der Waals surface area contributed by atoms with Gasteiger partial charge in [0.05, 0.1) is 0 Å². The summed E-state index contributed by atoms with van der Waals surface area (Å²) >= 11 is 1.33. The molecule has 1 atom stereocenters. The van der Waals surface area contributed by atoms with Gasteiger partial charge >= 0.3 is 18.0 Å². The highest BCUT2D eigenvalue weighted by molar-refractivity contribution is 7.99. The van der Waals surface area contributed by atoms with Gasteiger partial charge < -0.3 is 26.2 Å².